The number of hydrogen-bond acceptors (Lipinski definition) is 3. The Bertz CT molecular complexity index is 522. The topological polar surface area (TPSA) is 53.1 Å². The van der Waals surface area contributed by atoms with Crippen molar-refractivity contribution in [3.63, 3.8) is 0 Å². The number of hydrogen-bond donors (Lipinski definition) is 1. The van der Waals surface area contributed by atoms with Gasteiger partial charge in [-0.2, -0.15) is 5.10 Å². The van der Waals surface area contributed by atoms with Crippen LogP contribution in [0.2, 0.25) is 0 Å². The van der Waals surface area contributed by atoms with Gasteiger partial charge >= 0.3 is 0 Å². The number of anilines is 1. The minimum Gasteiger partial charge on any atom is -0.491 e. The second-order valence-electron chi connectivity index (χ2n) is 4.03. The number of nitrogens with two attached hydrogens (primary N) is 1. The van der Waals surface area contributed by atoms with Gasteiger partial charge in [0.2, 0.25) is 0 Å². The van der Waals surface area contributed by atoms with Gasteiger partial charge in [0.15, 0.2) is 0 Å². The summed E-state index contributed by atoms with van der Waals surface area (Å²) in [6.07, 6.45) is 3.72. The highest BCUT2D eigenvalue weighted by atomic mass is 79.9. The van der Waals surface area contributed by atoms with E-state index in [2.05, 4.69) is 21.0 Å². The average Bonchev–Trinajstić information content (AvgIpc) is 2.62. The van der Waals surface area contributed by atoms with Crippen molar-refractivity contribution in [2.75, 3.05) is 5.73 Å². The van der Waals surface area contributed by atoms with Gasteiger partial charge in [-0.3, -0.25) is 0 Å². The number of nitrogen functional groups attached to an aromatic ring is 1. The number of benzene rings is 1. The van der Waals surface area contributed by atoms with Crippen LogP contribution in [0.5, 0.6) is 5.75 Å². The van der Waals surface area contributed by atoms with Crippen molar-refractivity contribution < 1.29 is 4.74 Å². The fraction of sp³-hybridized carbons (Fsp3) is 0.250. The number of aromatic nitrogens is 2. The minimum atomic E-state index is 0.119. The highest BCUT2D eigenvalue weighted by molar-refractivity contribution is 9.10. The smallest absolute Gasteiger partial charge is 0.123 e. The van der Waals surface area contributed by atoms with Crippen molar-refractivity contribution in [3.8, 4) is 11.4 Å². The molecule has 1 heterocycles. The largest absolute Gasteiger partial charge is 0.491 e. The van der Waals surface area contributed by atoms with Gasteiger partial charge in [0.1, 0.15) is 5.75 Å². The van der Waals surface area contributed by atoms with Crippen LogP contribution in [0.15, 0.2) is 35.1 Å². The van der Waals surface area contributed by atoms with Crippen LogP contribution >= 0.6 is 15.9 Å². The van der Waals surface area contributed by atoms with Crippen LogP contribution in [0.25, 0.3) is 5.69 Å². The summed E-state index contributed by atoms with van der Waals surface area (Å²) in [5, 5.41) is 4.21. The van der Waals surface area contributed by atoms with E-state index in [0.29, 0.717) is 5.69 Å². The Hall–Kier alpha value is -1.49. The van der Waals surface area contributed by atoms with Crippen LogP contribution in [-0.2, 0) is 0 Å². The van der Waals surface area contributed by atoms with E-state index in [1.54, 1.807) is 10.9 Å². The highest BCUT2D eigenvalue weighted by Crippen LogP contribution is 2.23. The molecule has 2 N–H and O–H groups in total. The molecule has 0 fully saturated rings. The SMILES string of the molecule is CC(C)Oc1cc(N)cc(-n2cc(Br)cn2)c1. The molecular weight excluding hydrogens is 282 g/mol. The molecule has 1 aromatic heterocycles. The molecule has 1 aromatic carbocycles. The molecule has 0 unspecified atom stereocenters. The van der Waals surface area contributed by atoms with Crippen LogP contribution in [0.1, 0.15) is 13.8 Å². The Morgan fingerprint density at radius 3 is 2.71 bits per heavy atom. The van der Waals surface area contributed by atoms with Crippen LogP contribution < -0.4 is 10.5 Å². The Morgan fingerprint density at radius 1 is 1.35 bits per heavy atom. The van der Waals surface area contributed by atoms with Gasteiger partial charge in [0, 0.05) is 24.0 Å². The molecule has 0 spiro atoms. The van der Waals surface area contributed by atoms with Crippen molar-refractivity contribution in [2.24, 2.45) is 0 Å². The maximum Gasteiger partial charge on any atom is 0.123 e. The lowest BCUT2D eigenvalue weighted by Crippen LogP contribution is -2.06. The molecule has 0 amide bonds. The number of rotatable bonds is 3. The third-order valence-corrected chi connectivity index (χ3v) is 2.51. The summed E-state index contributed by atoms with van der Waals surface area (Å²) >= 11 is 3.36. The highest BCUT2D eigenvalue weighted by Gasteiger charge is 2.05. The summed E-state index contributed by atoms with van der Waals surface area (Å²) in [6.45, 7) is 3.96. The van der Waals surface area contributed by atoms with Gasteiger partial charge in [-0.05, 0) is 35.8 Å². The average molecular weight is 296 g/mol. The maximum atomic E-state index is 5.85. The molecule has 0 aliphatic rings. The van der Waals surface area contributed by atoms with E-state index < -0.39 is 0 Å². The molecule has 0 saturated heterocycles. The van der Waals surface area contributed by atoms with Crippen LogP contribution in [0, 0.1) is 0 Å². The summed E-state index contributed by atoms with van der Waals surface area (Å²) < 4.78 is 8.30. The van der Waals surface area contributed by atoms with E-state index in [0.717, 1.165) is 15.9 Å². The normalized spacial score (nSPS) is 10.8. The molecule has 4 nitrogen and oxygen atoms in total. The van der Waals surface area contributed by atoms with E-state index in [9.17, 15) is 0 Å². The van der Waals surface area contributed by atoms with Crippen molar-refractivity contribution in [1.82, 2.24) is 9.78 Å². The summed E-state index contributed by atoms with van der Waals surface area (Å²) in [5.74, 6) is 0.752. The molecule has 90 valence electrons. The second-order valence-corrected chi connectivity index (χ2v) is 4.95. The second kappa shape index (κ2) is 4.79. The number of nitrogens with zero attached hydrogens (tertiary/aromatic N) is 2. The fourth-order valence-corrected chi connectivity index (χ4v) is 1.81. The Kier molecular flexibility index (Phi) is 3.38. The monoisotopic (exact) mass is 295 g/mol. The molecule has 0 aliphatic carbocycles. The van der Waals surface area contributed by atoms with E-state index in [1.165, 1.54) is 0 Å². The zero-order chi connectivity index (χ0) is 12.4. The van der Waals surface area contributed by atoms with Crippen molar-refractivity contribution >= 4 is 21.6 Å². The molecule has 5 heteroatoms. The van der Waals surface area contributed by atoms with Gasteiger partial charge in [-0.15, -0.1) is 0 Å². The van der Waals surface area contributed by atoms with E-state index in [4.69, 9.17) is 10.5 Å². The first-order valence-electron chi connectivity index (χ1n) is 5.32. The van der Waals surface area contributed by atoms with E-state index in [-0.39, 0.29) is 6.10 Å². The van der Waals surface area contributed by atoms with Crippen molar-refractivity contribution in [1.29, 1.82) is 0 Å². The predicted octanol–water partition coefficient (Wildman–Crippen LogP) is 3.00. The maximum absolute atomic E-state index is 5.85. The van der Waals surface area contributed by atoms with Gasteiger partial charge < -0.3 is 10.5 Å². The summed E-state index contributed by atoms with van der Waals surface area (Å²) in [5.41, 5.74) is 7.38. The molecule has 0 bridgehead atoms. The lowest BCUT2D eigenvalue weighted by Gasteiger charge is -2.12. The van der Waals surface area contributed by atoms with Crippen molar-refractivity contribution in [2.45, 2.75) is 20.0 Å². The molecule has 0 atom stereocenters. The molecule has 2 rings (SSSR count). The van der Waals surface area contributed by atoms with Gasteiger partial charge in [-0.1, -0.05) is 0 Å². The minimum absolute atomic E-state index is 0.119. The zero-order valence-electron chi connectivity index (χ0n) is 9.72. The van der Waals surface area contributed by atoms with Gasteiger partial charge in [0.25, 0.3) is 0 Å². The quantitative estimate of drug-likeness (QED) is 0.886. The molecule has 17 heavy (non-hydrogen) atoms. The number of halogens is 1. The first-order valence-corrected chi connectivity index (χ1v) is 6.11. The van der Waals surface area contributed by atoms with Crippen LogP contribution in [-0.4, -0.2) is 15.9 Å². The Balaban J connectivity index is 2.37. The lowest BCUT2D eigenvalue weighted by atomic mass is 10.2. The summed E-state index contributed by atoms with van der Waals surface area (Å²) in [6, 6.07) is 5.57. The standard InChI is InChI=1S/C12H14BrN3O/c1-8(2)17-12-4-10(14)3-11(5-12)16-7-9(13)6-15-16/h3-8H,14H2,1-2H3. The first kappa shape index (κ1) is 12.0. The molecule has 0 aliphatic heterocycles. The van der Waals surface area contributed by atoms with E-state index in [1.807, 2.05) is 38.2 Å². The number of ether oxygens (including phenoxy) is 1. The third kappa shape index (κ3) is 3.00. The molecule has 0 saturated carbocycles. The Labute approximate surface area is 109 Å². The molecule has 2 aromatic rings. The van der Waals surface area contributed by atoms with Gasteiger partial charge in [-0.25, -0.2) is 4.68 Å². The third-order valence-electron chi connectivity index (χ3n) is 2.10. The van der Waals surface area contributed by atoms with Crippen LogP contribution in [0.4, 0.5) is 5.69 Å². The first-order chi connectivity index (χ1) is 8.04. The van der Waals surface area contributed by atoms with Crippen molar-refractivity contribution in [3.05, 3.63) is 35.1 Å². The molecule has 0 radical (unpaired) electrons. The molecular formula is C12H14BrN3O. The van der Waals surface area contributed by atoms with Gasteiger partial charge in [0.05, 0.1) is 22.5 Å². The summed E-state index contributed by atoms with van der Waals surface area (Å²) in [7, 11) is 0. The Morgan fingerprint density at radius 2 is 2.12 bits per heavy atom. The zero-order valence-corrected chi connectivity index (χ0v) is 11.3. The fourth-order valence-electron chi connectivity index (χ4n) is 1.52. The summed E-state index contributed by atoms with van der Waals surface area (Å²) in [4.78, 5) is 0. The van der Waals surface area contributed by atoms with E-state index >= 15 is 0 Å². The van der Waals surface area contributed by atoms with Crippen LogP contribution in [0.3, 0.4) is 0 Å². The predicted molar refractivity (Wildman–Crippen MR) is 71.4 cm³/mol. The lowest BCUT2D eigenvalue weighted by molar-refractivity contribution is 0.242.